The van der Waals surface area contributed by atoms with E-state index >= 15 is 0 Å². The van der Waals surface area contributed by atoms with Crippen LogP contribution in [0.15, 0.2) is 11.0 Å². The van der Waals surface area contributed by atoms with E-state index in [0.717, 1.165) is 6.42 Å². The van der Waals surface area contributed by atoms with Gasteiger partial charge in [0.2, 0.25) is 0 Å². The van der Waals surface area contributed by atoms with E-state index in [0.29, 0.717) is 11.5 Å². The van der Waals surface area contributed by atoms with Gasteiger partial charge in [-0.15, -0.1) is 0 Å². The lowest BCUT2D eigenvalue weighted by Gasteiger charge is -2.38. The van der Waals surface area contributed by atoms with Crippen LogP contribution in [0.3, 0.4) is 0 Å². The van der Waals surface area contributed by atoms with Crippen molar-refractivity contribution in [2.75, 3.05) is 0 Å². The van der Waals surface area contributed by atoms with Crippen LogP contribution in [-0.4, -0.2) is 12.1 Å². The van der Waals surface area contributed by atoms with Gasteiger partial charge in [0.05, 0.1) is 0 Å². The lowest BCUT2D eigenvalue weighted by molar-refractivity contribution is -0.151. The van der Waals surface area contributed by atoms with Crippen molar-refractivity contribution in [3.63, 3.8) is 0 Å². The molecule has 0 amide bonds. The number of carbonyl (C=O) groups excluding carboxylic acids is 1. The molecule has 2 nitrogen and oxygen atoms in total. The normalized spacial score (nSPS) is 39.5. The molecule has 0 radical (unpaired) electrons. The van der Waals surface area contributed by atoms with Gasteiger partial charge in [0, 0.05) is 11.0 Å². The molecule has 17 heavy (non-hydrogen) atoms. The summed E-state index contributed by atoms with van der Waals surface area (Å²) >= 11 is 4.00. The number of fused-ring (bicyclic) bond motifs is 2. The molecule has 0 N–H and O–H groups in total. The van der Waals surface area contributed by atoms with E-state index in [1.165, 1.54) is 18.2 Å². The first-order valence-electron chi connectivity index (χ1n) is 6.35. The summed E-state index contributed by atoms with van der Waals surface area (Å²) in [7, 11) is 0. The molecule has 0 aromatic heterocycles. The summed E-state index contributed by atoms with van der Waals surface area (Å²) in [5.74, 6) is 0.486. The number of ether oxygens (including phenoxy) is 1. The fourth-order valence-electron chi connectivity index (χ4n) is 3.58. The second kappa shape index (κ2) is 4.04. The molecule has 96 valence electrons. The van der Waals surface area contributed by atoms with Crippen molar-refractivity contribution in [3.8, 4) is 0 Å². The number of thiol groups is 1. The number of hydrogen-bond acceptors (Lipinski definition) is 3. The molecule has 0 aromatic carbocycles. The zero-order valence-electron chi connectivity index (χ0n) is 11.1. The monoisotopic (exact) mass is 254 g/mol. The van der Waals surface area contributed by atoms with Gasteiger partial charge in [-0.05, 0) is 42.9 Å². The van der Waals surface area contributed by atoms with Gasteiger partial charge in [-0.1, -0.05) is 20.8 Å². The SMILES string of the molecule is C/C(=C\S)C(=O)OC1CC2CCC1(C)C2(C)C. The third-order valence-corrected chi connectivity index (χ3v) is 5.87. The van der Waals surface area contributed by atoms with Crippen LogP contribution in [0, 0.1) is 16.7 Å². The summed E-state index contributed by atoms with van der Waals surface area (Å²) in [6.07, 6.45) is 3.55. The highest BCUT2D eigenvalue weighted by molar-refractivity contribution is 7.83. The molecule has 0 saturated heterocycles. The molecular weight excluding hydrogens is 232 g/mol. The molecule has 2 saturated carbocycles. The highest BCUT2D eigenvalue weighted by Crippen LogP contribution is 2.66. The van der Waals surface area contributed by atoms with E-state index in [-0.39, 0.29) is 22.9 Å². The first-order valence-corrected chi connectivity index (χ1v) is 6.86. The minimum atomic E-state index is -0.213. The van der Waals surface area contributed by atoms with Crippen molar-refractivity contribution < 1.29 is 9.53 Å². The zero-order valence-corrected chi connectivity index (χ0v) is 12.0. The summed E-state index contributed by atoms with van der Waals surface area (Å²) < 4.78 is 5.68. The van der Waals surface area contributed by atoms with Crippen LogP contribution < -0.4 is 0 Å². The molecule has 0 aliphatic heterocycles. The average Bonchev–Trinajstić information content (AvgIpc) is 2.60. The fourth-order valence-corrected chi connectivity index (χ4v) is 3.69. The molecule has 3 heteroatoms. The maximum atomic E-state index is 11.8. The van der Waals surface area contributed by atoms with Gasteiger partial charge < -0.3 is 4.74 Å². The Hall–Kier alpha value is -0.440. The molecule has 2 aliphatic carbocycles. The van der Waals surface area contributed by atoms with Gasteiger partial charge in [0.1, 0.15) is 6.10 Å². The highest BCUT2D eigenvalue weighted by atomic mass is 32.1. The van der Waals surface area contributed by atoms with Crippen LogP contribution in [0.25, 0.3) is 0 Å². The Morgan fingerprint density at radius 3 is 2.47 bits per heavy atom. The van der Waals surface area contributed by atoms with Crippen molar-refractivity contribution in [2.24, 2.45) is 16.7 Å². The highest BCUT2D eigenvalue weighted by Gasteiger charge is 2.62. The Labute approximate surface area is 109 Å². The molecular formula is C14H22O2S. The van der Waals surface area contributed by atoms with Crippen molar-refractivity contribution in [1.82, 2.24) is 0 Å². The molecule has 3 unspecified atom stereocenters. The van der Waals surface area contributed by atoms with Gasteiger partial charge in [-0.25, -0.2) is 4.79 Å². The van der Waals surface area contributed by atoms with Gasteiger partial charge in [-0.3, -0.25) is 0 Å². The average molecular weight is 254 g/mol. The van der Waals surface area contributed by atoms with Crippen LogP contribution >= 0.6 is 12.6 Å². The third-order valence-electron chi connectivity index (χ3n) is 5.48. The van der Waals surface area contributed by atoms with Gasteiger partial charge in [0.15, 0.2) is 0 Å². The minimum absolute atomic E-state index is 0.0759. The van der Waals surface area contributed by atoms with Gasteiger partial charge in [-0.2, -0.15) is 12.6 Å². The molecule has 3 atom stereocenters. The predicted octanol–water partition coefficient (Wildman–Crippen LogP) is 3.58. The van der Waals surface area contributed by atoms with E-state index in [1.807, 2.05) is 0 Å². The third kappa shape index (κ3) is 1.74. The smallest absolute Gasteiger partial charge is 0.334 e. The van der Waals surface area contributed by atoms with E-state index < -0.39 is 0 Å². The van der Waals surface area contributed by atoms with Crippen molar-refractivity contribution in [1.29, 1.82) is 0 Å². The van der Waals surface area contributed by atoms with E-state index in [4.69, 9.17) is 4.74 Å². The number of esters is 1. The van der Waals surface area contributed by atoms with Crippen molar-refractivity contribution in [3.05, 3.63) is 11.0 Å². The summed E-state index contributed by atoms with van der Waals surface area (Å²) in [6.45, 7) is 8.66. The largest absolute Gasteiger partial charge is 0.458 e. The van der Waals surface area contributed by atoms with E-state index in [9.17, 15) is 4.79 Å². The molecule has 0 spiro atoms. The summed E-state index contributed by atoms with van der Waals surface area (Å²) in [5.41, 5.74) is 1.01. The van der Waals surface area contributed by atoms with Crippen LogP contribution in [0.2, 0.25) is 0 Å². The summed E-state index contributed by atoms with van der Waals surface area (Å²) in [5, 5.41) is 1.52. The number of carbonyl (C=O) groups is 1. The van der Waals surface area contributed by atoms with Crippen LogP contribution in [0.4, 0.5) is 0 Å². The molecule has 2 bridgehead atoms. The molecule has 2 aliphatic rings. The Balaban J connectivity index is 2.14. The predicted molar refractivity (Wildman–Crippen MR) is 71.9 cm³/mol. The Bertz CT molecular complexity index is 372. The first kappa shape index (κ1) is 13.0. The Morgan fingerprint density at radius 1 is 1.41 bits per heavy atom. The maximum Gasteiger partial charge on any atom is 0.334 e. The standard InChI is InChI=1S/C14H22O2S/c1-9(8-17)12(15)16-11-7-10-5-6-14(11,4)13(10,2)3/h8,10-11,17H,5-7H2,1-4H3/b9-8+. The summed E-state index contributed by atoms with van der Waals surface area (Å²) in [4.78, 5) is 11.8. The fraction of sp³-hybridized carbons (Fsp3) is 0.786. The second-order valence-electron chi connectivity index (χ2n) is 6.32. The lowest BCUT2D eigenvalue weighted by Crippen LogP contribution is -2.38. The van der Waals surface area contributed by atoms with Gasteiger partial charge >= 0.3 is 5.97 Å². The molecule has 0 heterocycles. The maximum absolute atomic E-state index is 11.8. The van der Waals surface area contributed by atoms with Gasteiger partial charge in [0.25, 0.3) is 0 Å². The molecule has 2 rings (SSSR count). The minimum Gasteiger partial charge on any atom is -0.458 e. The van der Waals surface area contributed by atoms with Crippen molar-refractivity contribution in [2.45, 2.75) is 53.1 Å². The van der Waals surface area contributed by atoms with Crippen LogP contribution in [0.1, 0.15) is 47.0 Å². The Kier molecular flexibility index (Phi) is 3.09. The topological polar surface area (TPSA) is 26.3 Å². The quantitative estimate of drug-likeness (QED) is 0.463. The first-order chi connectivity index (χ1) is 7.83. The van der Waals surface area contributed by atoms with Crippen LogP contribution in [0.5, 0.6) is 0 Å². The number of rotatable bonds is 2. The molecule has 2 fully saturated rings. The van der Waals surface area contributed by atoms with E-state index in [2.05, 4.69) is 33.4 Å². The van der Waals surface area contributed by atoms with Crippen LogP contribution in [-0.2, 0) is 9.53 Å². The second-order valence-corrected chi connectivity index (χ2v) is 6.57. The van der Waals surface area contributed by atoms with E-state index in [1.54, 1.807) is 6.92 Å². The lowest BCUT2D eigenvalue weighted by atomic mass is 9.70. The molecule has 0 aromatic rings. The zero-order chi connectivity index (χ0) is 12.8. The number of hydrogen-bond donors (Lipinski definition) is 1. The Morgan fingerprint density at radius 2 is 2.06 bits per heavy atom. The summed E-state index contributed by atoms with van der Waals surface area (Å²) in [6, 6.07) is 0. The van der Waals surface area contributed by atoms with Crippen molar-refractivity contribution >= 4 is 18.6 Å².